The van der Waals surface area contributed by atoms with Crippen molar-refractivity contribution in [2.45, 2.75) is 13.0 Å². The zero-order chi connectivity index (χ0) is 19.4. The van der Waals surface area contributed by atoms with Crippen molar-refractivity contribution < 1.29 is 23.5 Å². The van der Waals surface area contributed by atoms with Gasteiger partial charge in [-0.3, -0.25) is 19.0 Å². The number of halogens is 2. The number of aromatic nitrogens is 2. The van der Waals surface area contributed by atoms with E-state index in [0.29, 0.717) is 4.57 Å². The second kappa shape index (κ2) is 7.72. The Labute approximate surface area is 145 Å². The normalized spacial score (nSPS) is 10.6. The fourth-order valence-electron chi connectivity index (χ4n) is 2.23. The van der Waals surface area contributed by atoms with Crippen molar-refractivity contribution in [2.24, 2.45) is 7.05 Å². The maximum absolute atomic E-state index is 13.4. The number of nitrogens with one attached hydrogen (secondary N) is 1. The molecule has 1 heterocycles. The molecule has 138 valence electrons. The fourth-order valence-corrected chi connectivity index (χ4v) is 2.23. The fraction of sp³-hybridized carbons (Fsp3) is 0.250. The lowest BCUT2D eigenvalue weighted by Crippen LogP contribution is -2.41. The number of nitrogens with zero attached hydrogens (tertiary/aromatic N) is 2. The standard InChI is InChI=1S/C16H15F2N3O5/c1-20-14(24)10(7-19-16(20)26)15(25)21(5-4-13(22)23)8-9-2-3-11(17)12(18)6-9/h2-3,6-7H,4-5,8H2,1H3,(H,19,26)(H,22,23). The summed E-state index contributed by atoms with van der Waals surface area (Å²) in [6, 6.07) is 3.00. The molecule has 0 atom stereocenters. The summed E-state index contributed by atoms with van der Waals surface area (Å²) in [5.41, 5.74) is -1.74. The van der Waals surface area contributed by atoms with E-state index in [1.807, 2.05) is 0 Å². The second-order valence-electron chi connectivity index (χ2n) is 5.49. The van der Waals surface area contributed by atoms with E-state index in [1.54, 1.807) is 0 Å². The SMILES string of the molecule is Cn1c(=O)[nH]cc(C(=O)N(CCC(=O)O)Cc2ccc(F)c(F)c2)c1=O. The second-order valence-corrected chi connectivity index (χ2v) is 5.49. The third-order valence-corrected chi connectivity index (χ3v) is 3.65. The number of carbonyl (C=O) groups is 2. The molecule has 1 aromatic carbocycles. The highest BCUT2D eigenvalue weighted by Gasteiger charge is 2.21. The molecule has 2 rings (SSSR count). The van der Waals surface area contributed by atoms with Crippen LogP contribution < -0.4 is 11.2 Å². The van der Waals surface area contributed by atoms with Crippen LogP contribution in [0.4, 0.5) is 8.78 Å². The zero-order valence-corrected chi connectivity index (χ0v) is 13.7. The van der Waals surface area contributed by atoms with Crippen molar-refractivity contribution in [2.75, 3.05) is 6.54 Å². The molecule has 0 fully saturated rings. The lowest BCUT2D eigenvalue weighted by atomic mass is 10.1. The van der Waals surface area contributed by atoms with E-state index >= 15 is 0 Å². The van der Waals surface area contributed by atoms with Crippen molar-refractivity contribution in [3.8, 4) is 0 Å². The topological polar surface area (TPSA) is 112 Å². The third kappa shape index (κ3) is 4.21. The van der Waals surface area contributed by atoms with Crippen LogP contribution in [0.5, 0.6) is 0 Å². The van der Waals surface area contributed by atoms with E-state index in [1.165, 1.54) is 13.1 Å². The Bertz CT molecular complexity index is 967. The van der Waals surface area contributed by atoms with Gasteiger partial charge in [-0.05, 0) is 17.7 Å². The first kappa shape index (κ1) is 19.0. The molecule has 0 saturated carbocycles. The van der Waals surface area contributed by atoms with Gasteiger partial charge in [0.25, 0.3) is 11.5 Å². The Morgan fingerprint density at radius 3 is 2.54 bits per heavy atom. The maximum atomic E-state index is 13.4. The summed E-state index contributed by atoms with van der Waals surface area (Å²) < 4.78 is 27.1. The Kier molecular flexibility index (Phi) is 5.65. The highest BCUT2D eigenvalue weighted by Crippen LogP contribution is 2.13. The van der Waals surface area contributed by atoms with Crippen LogP contribution in [0.25, 0.3) is 0 Å². The van der Waals surface area contributed by atoms with Gasteiger partial charge in [0, 0.05) is 26.3 Å². The van der Waals surface area contributed by atoms with E-state index in [4.69, 9.17) is 5.11 Å². The number of carboxylic acid groups (broad SMARTS) is 1. The molecule has 8 nitrogen and oxygen atoms in total. The Morgan fingerprint density at radius 2 is 1.92 bits per heavy atom. The number of carbonyl (C=O) groups excluding carboxylic acids is 1. The summed E-state index contributed by atoms with van der Waals surface area (Å²) in [4.78, 5) is 50.2. The smallest absolute Gasteiger partial charge is 0.328 e. The molecule has 0 unspecified atom stereocenters. The van der Waals surface area contributed by atoms with Crippen molar-refractivity contribution >= 4 is 11.9 Å². The van der Waals surface area contributed by atoms with Gasteiger partial charge in [-0.2, -0.15) is 0 Å². The minimum absolute atomic E-state index is 0.212. The van der Waals surface area contributed by atoms with E-state index in [-0.39, 0.29) is 24.2 Å². The van der Waals surface area contributed by atoms with Crippen LogP contribution in [0.15, 0.2) is 34.0 Å². The van der Waals surface area contributed by atoms with Crippen LogP contribution in [0, 0.1) is 11.6 Å². The lowest BCUT2D eigenvalue weighted by molar-refractivity contribution is -0.137. The molecule has 0 saturated heterocycles. The number of carboxylic acids is 1. The minimum atomic E-state index is -1.18. The van der Waals surface area contributed by atoms with Crippen LogP contribution in [0.2, 0.25) is 0 Å². The number of benzene rings is 1. The van der Waals surface area contributed by atoms with Crippen LogP contribution in [-0.4, -0.2) is 38.0 Å². The van der Waals surface area contributed by atoms with E-state index in [9.17, 15) is 28.0 Å². The van der Waals surface area contributed by atoms with Crippen molar-refractivity contribution in [3.63, 3.8) is 0 Å². The van der Waals surface area contributed by atoms with Gasteiger partial charge >= 0.3 is 11.7 Å². The van der Waals surface area contributed by atoms with Gasteiger partial charge < -0.3 is 15.0 Å². The third-order valence-electron chi connectivity index (χ3n) is 3.65. The first-order valence-corrected chi connectivity index (χ1v) is 7.44. The van der Waals surface area contributed by atoms with Gasteiger partial charge in [0.2, 0.25) is 0 Å². The lowest BCUT2D eigenvalue weighted by Gasteiger charge is -2.22. The molecule has 0 aliphatic rings. The van der Waals surface area contributed by atoms with Gasteiger partial charge in [0.15, 0.2) is 11.6 Å². The van der Waals surface area contributed by atoms with E-state index < -0.39 is 41.2 Å². The van der Waals surface area contributed by atoms with Crippen molar-refractivity contribution in [3.05, 3.63) is 68.0 Å². The highest BCUT2D eigenvalue weighted by molar-refractivity contribution is 5.93. The molecule has 2 N–H and O–H groups in total. The summed E-state index contributed by atoms with van der Waals surface area (Å²) in [5.74, 6) is -4.20. The van der Waals surface area contributed by atoms with Gasteiger partial charge in [0.1, 0.15) is 5.56 Å². The molecule has 10 heteroatoms. The molecule has 2 aromatic rings. The van der Waals surface area contributed by atoms with Gasteiger partial charge in [-0.15, -0.1) is 0 Å². The number of hydrogen-bond acceptors (Lipinski definition) is 4. The molecule has 0 radical (unpaired) electrons. The summed E-state index contributed by atoms with van der Waals surface area (Å²) in [5, 5.41) is 8.84. The number of rotatable bonds is 6. The van der Waals surface area contributed by atoms with Crippen LogP contribution >= 0.6 is 0 Å². The Balaban J connectivity index is 2.37. The summed E-state index contributed by atoms with van der Waals surface area (Å²) in [6.07, 6.45) is 0.519. The first-order valence-electron chi connectivity index (χ1n) is 7.44. The molecule has 0 bridgehead atoms. The molecule has 1 amide bonds. The van der Waals surface area contributed by atoms with Crippen LogP contribution in [-0.2, 0) is 18.4 Å². The number of aromatic amines is 1. The highest BCUT2D eigenvalue weighted by atomic mass is 19.2. The molecule has 0 spiro atoms. The van der Waals surface area contributed by atoms with Crippen molar-refractivity contribution in [1.29, 1.82) is 0 Å². The van der Waals surface area contributed by atoms with Gasteiger partial charge in [0.05, 0.1) is 6.42 Å². The number of amides is 1. The van der Waals surface area contributed by atoms with Crippen molar-refractivity contribution in [1.82, 2.24) is 14.5 Å². The van der Waals surface area contributed by atoms with Gasteiger partial charge in [-0.1, -0.05) is 6.07 Å². The van der Waals surface area contributed by atoms with Crippen LogP contribution in [0.1, 0.15) is 22.3 Å². The average Bonchev–Trinajstić information content (AvgIpc) is 2.59. The Morgan fingerprint density at radius 1 is 1.23 bits per heavy atom. The molecule has 1 aromatic heterocycles. The van der Waals surface area contributed by atoms with E-state index in [0.717, 1.165) is 23.2 Å². The predicted octanol–water partition coefficient (Wildman–Crippen LogP) is 0.469. The summed E-state index contributed by atoms with van der Waals surface area (Å²) in [7, 11) is 1.18. The number of H-pyrrole nitrogens is 1. The molecule has 0 aliphatic heterocycles. The average molecular weight is 367 g/mol. The minimum Gasteiger partial charge on any atom is -0.481 e. The first-order chi connectivity index (χ1) is 12.2. The van der Waals surface area contributed by atoms with Crippen LogP contribution in [0.3, 0.4) is 0 Å². The number of hydrogen-bond donors (Lipinski definition) is 2. The van der Waals surface area contributed by atoms with E-state index in [2.05, 4.69) is 4.98 Å². The summed E-state index contributed by atoms with van der Waals surface area (Å²) in [6.45, 7) is -0.513. The Hall–Kier alpha value is -3.30. The number of aliphatic carboxylic acids is 1. The molecule has 0 aliphatic carbocycles. The molecular weight excluding hydrogens is 352 g/mol. The maximum Gasteiger partial charge on any atom is 0.328 e. The predicted molar refractivity (Wildman–Crippen MR) is 85.7 cm³/mol. The summed E-state index contributed by atoms with van der Waals surface area (Å²) >= 11 is 0. The largest absolute Gasteiger partial charge is 0.481 e. The quantitative estimate of drug-likeness (QED) is 0.771. The zero-order valence-electron chi connectivity index (χ0n) is 13.7. The molecular formula is C16H15F2N3O5. The molecule has 26 heavy (non-hydrogen) atoms. The van der Waals surface area contributed by atoms with Gasteiger partial charge in [-0.25, -0.2) is 13.6 Å². The monoisotopic (exact) mass is 367 g/mol.